The van der Waals surface area contributed by atoms with E-state index in [9.17, 15) is 14.7 Å². The molecule has 2 rings (SSSR count). The smallest absolute Gasteiger partial charge is 0.351 e. The van der Waals surface area contributed by atoms with Crippen molar-refractivity contribution in [2.24, 2.45) is 0 Å². The molecule has 2 aromatic rings. The molecule has 1 heterocycles. The summed E-state index contributed by atoms with van der Waals surface area (Å²) in [6.07, 6.45) is 6.07. The summed E-state index contributed by atoms with van der Waals surface area (Å²) < 4.78 is 10.0. The Bertz CT molecular complexity index is 828. The summed E-state index contributed by atoms with van der Waals surface area (Å²) in [5.74, 6) is -0.0626. The number of aromatic hydroxyl groups is 1. The zero-order chi connectivity index (χ0) is 16.8. The number of carbonyl (C=O) groups excluding carboxylic acids is 1. The van der Waals surface area contributed by atoms with Crippen molar-refractivity contribution in [2.45, 2.75) is 6.92 Å². The van der Waals surface area contributed by atoms with Gasteiger partial charge < -0.3 is 14.3 Å². The lowest BCUT2D eigenvalue weighted by Gasteiger charge is -2.02. The molecule has 0 saturated heterocycles. The van der Waals surface area contributed by atoms with Crippen LogP contribution in [0.15, 0.2) is 57.8 Å². The lowest BCUT2D eigenvalue weighted by Crippen LogP contribution is -2.12. The van der Waals surface area contributed by atoms with Crippen molar-refractivity contribution in [2.75, 3.05) is 7.11 Å². The molecule has 5 heteroatoms. The average Bonchev–Trinajstić information content (AvgIpc) is 2.51. The highest BCUT2D eigenvalue weighted by molar-refractivity contribution is 6.06. The van der Waals surface area contributed by atoms with Crippen LogP contribution in [-0.2, 0) is 0 Å². The van der Waals surface area contributed by atoms with Gasteiger partial charge in [-0.15, -0.1) is 0 Å². The van der Waals surface area contributed by atoms with Gasteiger partial charge in [0.05, 0.1) is 7.11 Å². The minimum absolute atomic E-state index is 0.240. The number of hydrogen-bond donors (Lipinski definition) is 1. The molecule has 0 spiro atoms. The zero-order valence-corrected chi connectivity index (χ0v) is 12.8. The minimum Gasteiger partial charge on any atom is -0.507 e. The van der Waals surface area contributed by atoms with Gasteiger partial charge in [0.1, 0.15) is 22.8 Å². The highest BCUT2D eigenvalue weighted by Gasteiger charge is 2.15. The van der Waals surface area contributed by atoms with Crippen LogP contribution in [-0.4, -0.2) is 18.0 Å². The third-order valence-electron chi connectivity index (χ3n) is 3.07. The van der Waals surface area contributed by atoms with Gasteiger partial charge in [-0.1, -0.05) is 36.4 Å². The third-order valence-corrected chi connectivity index (χ3v) is 3.07. The number of allylic oxidation sites excluding steroid dienone is 3. The van der Waals surface area contributed by atoms with E-state index in [0.29, 0.717) is 5.75 Å². The molecule has 0 aliphatic rings. The number of rotatable bonds is 5. The number of benzene rings is 1. The van der Waals surface area contributed by atoms with Crippen molar-refractivity contribution < 1.29 is 19.1 Å². The van der Waals surface area contributed by atoms with Crippen molar-refractivity contribution in [1.82, 2.24) is 0 Å². The van der Waals surface area contributed by atoms with E-state index in [1.165, 1.54) is 25.1 Å². The first-order chi connectivity index (χ1) is 11.0. The van der Waals surface area contributed by atoms with Gasteiger partial charge in [-0.25, -0.2) is 4.79 Å². The topological polar surface area (TPSA) is 76.7 Å². The maximum Gasteiger partial charge on any atom is 0.351 e. The Morgan fingerprint density at radius 1 is 1.26 bits per heavy atom. The van der Waals surface area contributed by atoms with E-state index >= 15 is 0 Å². The zero-order valence-electron chi connectivity index (χ0n) is 12.8. The summed E-state index contributed by atoms with van der Waals surface area (Å²) in [4.78, 5) is 23.6. The molecule has 0 aliphatic heterocycles. The fourth-order valence-corrected chi connectivity index (χ4v) is 2.01. The van der Waals surface area contributed by atoms with Gasteiger partial charge in [0, 0.05) is 11.6 Å². The molecule has 0 saturated carbocycles. The molecule has 5 nitrogen and oxygen atoms in total. The maximum absolute atomic E-state index is 12.0. The van der Waals surface area contributed by atoms with Crippen molar-refractivity contribution in [3.8, 4) is 11.5 Å². The van der Waals surface area contributed by atoms with Crippen LogP contribution >= 0.6 is 0 Å². The van der Waals surface area contributed by atoms with Crippen LogP contribution < -0.4 is 10.4 Å². The molecule has 1 N–H and O–H groups in total. The first kappa shape index (κ1) is 16.3. The number of hydrogen-bond acceptors (Lipinski definition) is 5. The van der Waals surface area contributed by atoms with E-state index in [0.717, 1.165) is 5.56 Å². The molecular formula is C18H16O5. The van der Waals surface area contributed by atoms with Gasteiger partial charge in [-0.3, -0.25) is 4.79 Å². The second-order valence-corrected chi connectivity index (χ2v) is 4.73. The van der Waals surface area contributed by atoms with Crippen LogP contribution in [0.5, 0.6) is 11.5 Å². The molecule has 0 fully saturated rings. The fourth-order valence-electron chi connectivity index (χ4n) is 2.01. The number of carbonyl (C=O) groups is 1. The van der Waals surface area contributed by atoms with Gasteiger partial charge in [-0.2, -0.15) is 0 Å². The summed E-state index contributed by atoms with van der Waals surface area (Å²) >= 11 is 0. The van der Waals surface area contributed by atoms with E-state index in [1.54, 1.807) is 19.3 Å². The van der Waals surface area contributed by atoms with Gasteiger partial charge in [0.25, 0.3) is 0 Å². The normalized spacial score (nSPS) is 11.2. The van der Waals surface area contributed by atoms with E-state index in [2.05, 4.69) is 0 Å². The Morgan fingerprint density at radius 2 is 2.00 bits per heavy atom. The second-order valence-electron chi connectivity index (χ2n) is 4.73. The van der Waals surface area contributed by atoms with Crippen LogP contribution in [0.3, 0.4) is 0 Å². The first-order valence-corrected chi connectivity index (χ1v) is 6.88. The molecule has 0 amide bonds. The predicted octanol–water partition coefficient (Wildman–Crippen LogP) is 3.11. The van der Waals surface area contributed by atoms with Crippen LogP contribution in [0.1, 0.15) is 21.7 Å². The summed E-state index contributed by atoms with van der Waals surface area (Å²) in [5, 5.41) is 9.70. The number of ketones is 1. The van der Waals surface area contributed by atoms with Crippen molar-refractivity contribution in [1.29, 1.82) is 0 Å². The molecular weight excluding hydrogens is 296 g/mol. The summed E-state index contributed by atoms with van der Waals surface area (Å²) in [5.41, 5.74) is -0.381. The Kier molecular flexibility index (Phi) is 5.15. The summed E-state index contributed by atoms with van der Waals surface area (Å²) in [6.45, 7) is 1.52. The molecule has 118 valence electrons. The Hall–Kier alpha value is -3.08. The molecule has 0 bridgehead atoms. The summed E-state index contributed by atoms with van der Waals surface area (Å²) in [7, 11) is 1.57. The standard InChI is InChI=1S/C18H16O5/c1-12-11-15(20)17(18(21)23-12)14(19)9-5-3-7-13-8-4-6-10-16(13)22-2/h3-11,20H,1-2H3/b7-3+,9-5+. The van der Waals surface area contributed by atoms with E-state index in [4.69, 9.17) is 9.15 Å². The van der Waals surface area contributed by atoms with Crippen molar-refractivity contribution in [3.63, 3.8) is 0 Å². The molecule has 23 heavy (non-hydrogen) atoms. The SMILES string of the molecule is COc1ccccc1/C=C/C=C/C(=O)c1c(O)cc(C)oc1=O. The number of aryl methyl sites for hydroxylation is 1. The molecule has 0 aliphatic carbocycles. The van der Waals surface area contributed by atoms with E-state index in [1.807, 2.05) is 24.3 Å². The van der Waals surface area contributed by atoms with E-state index in [-0.39, 0.29) is 17.1 Å². The van der Waals surface area contributed by atoms with Crippen LogP contribution in [0.4, 0.5) is 0 Å². The van der Waals surface area contributed by atoms with Crippen molar-refractivity contribution in [3.05, 3.63) is 75.9 Å². The third kappa shape index (κ3) is 3.97. The highest BCUT2D eigenvalue weighted by atomic mass is 16.5. The first-order valence-electron chi connectivity index (χ1n) is 6.88. The molecule has 0 unspecified atom stereocenters. The maximum atomic E-state index is 12.0. The molecule has 0 radical (unpaired) electrons. The van der Waals surface area contributed by atoms with Gasteiger partial charge >= 0.3 is 5.63 Å². The Balaban J connectivity index is 2.16. The largest absolute Gasteiger partial charge is 0.507 e. The molecule has 1 aromatic heterocycles. The Labute approximate surface area is 133 Å². The van der Waals surface area contributed by atoms with E-state index < -0.39 is 11.4 Å². The molecule has 0 atom stereocenters. The predicted molar refractivity (Wildman–Crippen MR) is 86.9 cm³/mol. The number of methoxy groups -OCH3 is 1. The van der Waals surface area contributed by atoms with Crippen LogP contribution in [0, 0.1) is 6.92 Å². The Morgan fingerprint density at radius 3 is 2.70 bits per heavy atom. The van der Waals surface area contributed by atoms with Gasteiger partial charge in [-0.05, 0) is 19.1 Å². The quantitative estimate of drug-likeness (QED) is 0.521. The van der Waals surface area contributed by atoms with Crippen LogP contribution in [0.2, 0.25) is 0 Å². The monoisotopic (exact) mass is 312 g/mol. The van der Waals surface area contributed by atoms with Crippen molar-refractivity contribution >= 4 is 11.9 Å². The summed E-state index contributed by atoms with van der Waals surface area (Å²) in [6, 6.07) is 8.64. The lowest BCUT2D eigenvalue weighted by atomic mass is 10.1. The second kappa shape index (κ2) is 7.26. The number of para-hydroxylation sites is 1. The van der Waals surface area contributed by atoms with Gasteiger partial charge in [0.15, 0.2) is 5.78 Å². The molecule has 1 aromatic carbocycles. The number of ether oxygens (including phenoxy) is 1. The fraction of sp³-hybridized carbons (Fsp3) is 0.111. The average molecular weight is 312 g/mol. The van der Waals surface area contributed by atoms with Gasteiger partial charge in [0.2, 0.25) is 0 Å². The lowest BCUT2D eigenvalue weighted by molar-refractivity contribution is 0.104. The highest BCUT2D eigenvalue weighted by Crippen LogP contribution is 2.19. The van der Waals surface area contributed by atoms with Crippen LogP contribution in [0.25, 0.3) is 6.08 Å². The minimum atomic E-state index is -0.856.